The smallest absolute Gasteiger partial charge is 0.161 e. The zero-order chi connectivity index (χ0) is 14.3. The van der Waals surface area contributed by atoms with Gasteiger partial charge in [-0.3, -0.25) is 0 Å². The molecule has 1 N–H and O–H groups in total. The first-order chi connectivity index (χ1) is 10.4. The maximum absolute atomic E-state index is 5.73. The van der Waals surface area contributed by atoms with Crippen LogP contribution in [0, 0.1) is 0 Å². The molecule has 1 heterocycles. The predicted octanol–water partition coefficient (Wildman–Crippen LogP) is 3.83. The molecule has 0 amide bonds. The van der Waals surface area contributed by atoms with Crippen LogP contribution in [0.4, 0.5) is 0 Å². The summed E-state index contributed by atoms with van der Waals surface area (Å²) in [6.07, 6.45) is 9.88. The molecule has 21 heavy (non-hydrogen) atoms. The van der Waals surface area contributed by atoms with Gasteiger partial charge in [0.2, 0.25) is 0 Å². The van der Waals surface area contributed by atoms with E-state index < -0.39 is 0 Å². The molecule has 1 aliphatic carbocycles. The summed E-state index contributed by atoms with van der Waals surface area (Å²) in [6, 6.07) is 6.26. The molecular weight excluding hydrogens is 262 g/mol. The maximum Gasteiger partial charge on any atom is 0.161 e. The van der Waals surface area contributed by atoms with E-state index in [1.807, 2.05) is 6.07 Å². The summed E-state index contributed by atoms with van der Waals surface area (Å²) in [5.41, 5.74) is 2.89. The van der Waals surface area contributed by atoms with Crippen molar-refractivity contribution in [3.05, 3.63) is 35.4 Å². The van der Waals surface area contributed by atoms with Crippen LogP contribution in [0.3, 0.4) is 0 Å². The molecule has 0 aromatic heterocycles. The number of benzene rings is 1. The summed E-state index contributed by atoms with van der Waals surface area (Å²) in [5.74, 6) is 1.77. The number of nitrogens with one attached hydrogen (secondary N) is 1. The Labute approximate surface area is 127 Å². The van der Waals surface area contributed by atoms with Gasteiger partial charge < -0.3 is 14.8 Å². The molecule has 2 aliphatic rings. The third kappa shape index (κ3) is 4.24. The first kappa shape index (κ1) is 14.5. The Kier molecular flexibility index (Phi) is 5.17. The number of ether oxygens (including phenoxy) is 2. The molecule has 0 saturated heterocycles. The molecule has 1 aromatic rings. The standard InChI is InChI=1S/C18H25NO2/c1-2-5-15(6-3-1)9-10-19-14-16-7-8-17-18(13-16)21-12-4-11-20-17/h5,7-8,13,19H,1-4,6,9-12,14H2. The number of fused-ring (bicyclic) bond motifs is 1. The molecule has 1 aliphatic heterocycles. The summed E-state index contributed by atoms with van der Waals surface area (Å²) in [7, 11) is 0. The lowest BCUT2D eigenvalue weighted by molar-refractivity contribution is 0.297. The topological polar surface area (TPSA) is 30.5 Å². The molecular formula is C18H25NO2. The van der Waals surface area contributed by atoms with Crippen molar-refractivity contribution in [2.45, 2.75) is 45.1 Å². The average molecular weight is 287 g/mol. The fourth-order valence-electron chi connectivity index (χ4n) is 2.93. The van der Waals surface area contributed by atoms with Crippen LogP contribution in [0.2, 0.25) is 0 Å². The van der Waals surface area contributed by atoms with E-state index in [4.69, 9.17) is 9.47 Å². The van der Waals surface area contributed by atoms with Gasteiger partial charge in [0.15, 0.2) is 11.5 Å². The molecule has 0 spiro atoms. The van der Waals surface area contributed by atoms with Crippen molar-refractivity contribution in [3.63, 3.8) is 0 Å². The highest BCUT2D eigenvalue weighted by atomic mass is 16.5. The highest BCUT2D eigenvalue weighted by molar-refractivity contribution is 5.43. The quantitative estimate of drug-likeness (QED) is 0.659. The van der Waals surface area contributed by atoms with Gasteiger partial charge in [-0.1, -0.05) is 17.7 Å². The Bertz CT molecular complexity index is 496. The summed E-state index contributed by atoms with van der Waals surface area (Å²) >= 11 is 0. The molecule has 0 fully saturated rings. The Balaban J connectivity index is 1.47. The van der Waals surface area contributed by atoms with Crippen molar-refractivity contribution in [2.75, 3.05) is 19.8 Å². The van der Waals surface area contributed by atoms with E-state index in [0.29, 0.717) is 0 Å². The highest BCUT2D eigenvalue weighted by Crippen LogP contribution is 2.30. The Morgan fingerprint density at radius 2 is 1.90 bits per heavy atom. The normalized spacial score (nSPS) is 18.0. The molecule has 0 radical (unpaired) electrons. The van der Waals surface area contributed by atoms with E-state index in [2.05, 4.69) is 23.5 Å². The molecule has 3 heteroatoms. The summed E-state index contributed by atoms with van der Waals surface area (Å²) in [5, 5.41) is 3.53. The monoisotopic (exact) mass is 287 g/mol. The van der Waals surface area contributed by atoms with Gasteiger partial charge in [-0.05, 0) is 56.3 Å². The molecule has 0 atom stereocenters. The average Bonchev–Trinajstić information content (AvgIpc) is 2.77. The summed E-state index contributed by atoms with van der Waals surface area (Å²) in [6.45, 7) is 3.45. The van der Waals surface area contributed by atoms with Crippen molar-refractivity contribution in [1.82, 2.24) is 5.32 Å². The van der Waals surface area contributed by atoms with E-state index in [0.717, 1.165) is 44.2 Å². The van der Waals surface area contributed by atoms with Crippen LogP contribution in [-0.2, 0) is 6.54 Å². The van der Waals surface area contributed by atoms with Crippen LogP contribution < -0.4 is 14.8 Å². The molecule has 0 saturated carbocycles. The maximum atomic E-state index is 5.73. The lowest BCUT2D eigenvalue weighted by Crippen LogP contribution is -2.15. The van der Waals surface area contributed by atoms with E-state index >= 15 is 0 Å². The number of allylic oxidation sites excluding steroid dienone is 1. The molecule has 1 aromatic carbocycles. The van der Waals surface area contributed by atoms with Gasteiger partial charge in [-0.2, -0.15) is 0 Å². The van der Waals surface area contributed by atoms with E-state index in [-0.39, 0.29) is 0 Å². The zero-order valence-electron chi connectivity index (χ0n) is 12.7. The third-order valence-electron chi connectivity index (χ3n) is 4.15. The fraction of sp³-hybridized carbons (Fsp3) is 0.556. The van der Waals surface area contributed by atoms with Crippen LogP contribution in [0.5, 0.6) is 11.5 Å². The minimum absolute atomic E-state index is 0.748. The summed E-state index contributed by atoms with van der Waals surface area (Å²) in [4.78, 5) is 0. The van der Waals surface area contributed by atoms with Gasteiger partial charge in [-0.15, -0.1) is 0 Å². The van der Waals surface area contributed by atoms with Gasteiger partial charge in [0.1, 0.15) is 0 Å². The van der Waals surface area contributed by atoms with Crippen LogP contribution >= 0.6 is 0 Å². The van der Waals surface area contributed by atoms with Crippen LogP contribution in [0.25, 0.3) is 0 Å². The second-order valence-electron chi connectivity index (χ2n) is 5.87. The minimum atomic E-state index is 0.748. The van der Waals surface area contributed by atoms with Crippen LogP contribution in [-0.4, -0.2) is 19.8 Å². The molecule has 3 nitrogen and oxygen atoms in total. The molecule has 3 rings (SSSR count). The Hall–Kier alpha value is -1.48. The second kappa shape index (κ2) is 7.51. The second-order valence-corrected chi connectivity index (χ2v) is 5.87. The van der Waals surface area contributed by atoms with Crippen molar-refractivity contribution in [3.8, 4) is 11.5 Å². The third-order valence-corrected chi connectivity index (χ3v) is 4.15. The molecule has 114 valence electrons. The highest BCUT2D eigenvalue weighted by Gasteiger charge is 2.10. The Morgan fingerprint density at radius 1 is 1.00 bits per heavy atom. The van der Waals surface area contributed by atoms with Crippen molar-refractivity contribution < 1.29 is 9.47 Å². The lowest BCUT2D eigenvalue weighted by Gasteiger charge is -2.13. The molecule has 0 bridgehead atoms. The lowest BCUT2D eigenvalue weighted by atomic mass is 9.97. The van der Waals surface area contributed by atoms with Gasteiger partial charge in [0, 0.05) is 13.0 Å². The minimum Gasteiger partial charge on any atom is -0.490 e. The number of rotatable bonds is 5. The van der Waals surface area contributed by atoms with Gasteiger partial charge >= 0.3 is 0 Å². The largest absolute Gasteiger partial charge is 0.490 e. The Morgan fingerprint density at radius 3 is 2.76 bits per heavy atom. The number of hydrogen-bond donors (Lipinski definition) is 1. The van der Waals surface area contributed by atoms with Crippen molar-refractivity contribution in [2.24, 2.45) is 0 Å². The van der Waals surface area contributed by atoms with E-state index in [1.54, 1.807) is 5.57 Å². The molecule has 0 unspecified atom stereocenters. The van der Waals surface area contributed by atoms with Gasteiger partial charge in [-0.25, -0.2) is 0 Å². The van der Waals surface area contributed by atoms with Crippen molar-refractivity contribution in [1.29, 1.82) is 0 Å². The van der Waals surface area contributed by atoms with Crippen molar-refractivity contribution >= 4 is 0 Å². The first-order valence-corrected chi connectivity index (χ1v) is 8.19. The van der Waals surface area contributed by atoms with Gasteiger partial charge in [0.05, 0.1) is 13.2 Å². The fourth-order valence-corrected chi connectivity index (χ4v) is 2.93. The van der Waals surface area contributed by atoms with Crippen LogP contribution in [0.1, 0.15) is 44.1 Å². The first-order valence-electron chi connectivity index (χ1n) is 8.19. The number of hydrogen-bond acceptors (Lipinski definition) is 3. The zero-order valence-corrected chi connectivity index (χ0v) is 12.7. The SMILES string of the molecule is C1=C(CCNCc2ccc3c(c2)OCCCO3)CCCC1. The summed E-state index contributed by atoms with van der Waals surface area (Å²) < 4.78 is 11.4. The predicted molar refractivity (Wildman–Crippen MR) is 84.9 cm³/mol. The van der Waals surface area contributed by atoms with Crippen LogP contribution in [0.15, 0.2) is 29.8 Å². The van der Waals surface area contributed by atoms with E-state index in [9.17, 15) is 0 Å². The van der Waals surface area contributed by atoms with Gasteiger partial charge in [0.25, 0.3) is 0 Å². The van der Waals surface area contributed by atoms with E-state index in [1.165, 1.54) is 37.7 Å².